The van der Waals surface area contributed by atoms with Gasteiger partial charge in [0.1, 0.15) is 22.8 Å². The van der Waals surface area contributed by atoms with Gasteiger partial charge >= 0.3 is 0 Å². The van der Waals surface area contributed by atoms with Crippen LogP contribution in [0.1, 0.15) is 21.5 Å². The lowest BCUT2D eigenvalue weighted by molar-refractivity contribution is 0.101. The number of phenolic OH excluding ortho intramolecular Hbond substituents is 1. The molecule has 2 rings (SSSR count). The van der Waals surface area contributed by atoms with Gasteiger partial charge in [0.2, 0.25) is 0 Å². The van der Waals surface area contributed by atoms with Gasteiger partial charge in [-0.3, -0.25) is 9.00 Å². The molecule has 0 heterocycles. The number of methoxy groups -OCH3 is 2. The Balaban J connectivity index is 2.34. The number of aromatic hydroxyl groups is 1. The van der Waals surface area contributed by atoms with Crippen molar-refractivity contribution in [3.8, 4) is 17.2 Å². The number of phenols is 1. The van der Waals surface area contributed by atoms with E-state index in [2.05, 4.69) is 0 Å². The molecule has 6 heteroatoms. The summed E-state index contributed by atoms with van der Waals surface area (Å²) in [6.45, 7) is 3.57. The first-order valence-corrected chi connectivity index (χ1v) is 8.63. The molecule has 5 nitrogen and oxygen atoms in total. The molecule has 24 heavy (non-hydrogen) atoms. The van der Waals surface area contributed by atoms with Crippen molar-refractivity contribution in [1.82, 2.24) is 0 Å². The normalized spacial score (nSPS) is 11.8. The van der Waals surface area contributed by atoms with E-state index in [0.717, 1.165) is 5.56 Å². The Kier molecular flexibility index (Phi) is 5.62. The number of aryl methyl sites for hydroxylation is 1. The minimum absolute atomic E-state index is 0.0243. The predicted octanol–water partition coefficient (Wildman–Crippen LogP) is 3.02. The lowest BCUT2D eigenvalue weighted by Gasteiger charge is -2.14. The third-order valence-corrected chi connectivity index (χ3v) is 5.06. The molecule has 2 aromatic carbocycles. The number of hydrogen-bond acceptors (Lipinski definition) is 5. The quantitative estimate of drug-likeness (QED) is 0.813. The number of carbonyl (C=O) groups excluding carboxylic acids is 1. The zero-order chi connectivity index (χ0) is 17.9. The Morgan fingerprint density at radius 2 is 1.67 bits per heavy atom. The molecule has 1 N–H and O–H groups in total. The van der Waals surface area contributed by atoms with Gasteiger partial charge in [0.15, 0.2) is 5.78 Å². The number of rotatable bonds is 6. The average molecular weight is 348 g/mol. The van der Waals surface area contributed by atoms with Crippen LogP contribution in [0.25, 0.3) is 0 Å². The maximum absolute atomic E-state index is 12.6. The summed E-state index contributed by atoms with van der Waals surface area (Å²) < 4.78 is 22.7. The van der Waals surface area contributed by atoms with E-state index < -0.39 is 16.6 Å². The van der Waals surface area contributed by atoms with Gasteiger partial charge in [-0.25, -0.2) is 0 Å². The average Bonchev–Trinajstić information content (AvgIpc) is 2.57. The molecule has 2 aromatic rings. The van der Waals surface area contributed by atoms with Crippen LogP contribution in [0.5, 0.6) is 17.2 Å². The Bertz CT molecular complexity index is 781. The lowest BCUT2D eigenvalue weighted by Crippen LogP contribution is -2.13. The number of benzene rings is 2. The minimum Gasteiger partial charge on any atom is -0.507 e. The highest BCUT2D eigenvalue weighted by Crippen LogP contribution is 2.38. The summed E-state index contributed by atoms with van der Waals surface area (Å²) in [5.74, 6) is -0.286. The standard InChI is InChI=1S/C18H20O5S/c1-11-5-7-13(8-6-11)24(21)10-14(19)17-16(23-4)9-15(22-3)12(2)18(17)20/h5-9,20H,10H2,1-4H3. The minimum atomic E-state index is -1.50. The number of ketones is 1. The molecule has 1 unspecified atom stereocenters. The zero-order valence-electron chi connectivity index (χ0n) is 14.1. The maximum atomic E-state index is 12.6. The van der Waals surface area contributed by atoms with Crippen molar-refractivity contribution in [2.45, 2.75) is 18.7 Å². The molecule has 0 spiro atoms. The van der Waals surface area contributed by atoms with Crippen LogP contribution < -0.4 is 9.47 Å². The van der Waals surface area contributed by atoms with Gasteiger partial charge in [-0.05, 0) is 26.0 Å². The largest absolute Gasteiger partial charge is 0.507 e. The molecule has 0 saturated carbocycles. The van der Waals surface area contributed by atoms with E-state index in [9.17, 15) is 14.1 Å². The van der Waals surface area contributed by atoms with E-state index in [-0.39, 0.29) is 22.8 Å². The first-order chi connectivity index (χ1) is 11.4. The van der Waals surface area contributed by atoms with E-state index >= 15 is 0 Å². The van der Waals surface area contributed by atoms with Gasteiger partial charge < -0.3 is 14.6 Å². The van der Waals surface area contributed by atoms with E-state index in [4.69, 9.17) is 9.47 Å². The van der Waals surface area contributed by atoms with Crippen molar-refractivity contribution in [3.63, 3.8) is 0 Å². The molecule has 0 aliphatic heterocycles. The van der Waals surface area contributed by atoms with E-state index in [1.165, 1.54) is 20.3 Å². The first-order valence-electron chi connectivity index (χ1n) is 7.31. The molecule has 0 aromatic heterocycles. The predicted molar refractivity (Wildman–Crippen MR) is 92.7 cm³/mol. The molecule has 0 aliphatic rings. The van der Waals surface area contributed by atoms with Crippen LogP contribution in [0.4, 0.5) is 0 Å². The Morgan fingerprint density at radius 3 is 2.21 bits per heavy atom. The number of Topliss-reactive ketones (excluding diaryl/α,β-unsaturated/α-hetero) is 1. The third-order valence-electron chi connectivity index (χ3n) is 3.73. The second-order valence-corrected chi connectivity index (χ2v) is 6.81. The summed E-state index contributed by atoms with van der Waals surface area (Å²) in [5.41, 5.74) is 1.51. The maximum Gasteiger partial charge on any atom is 0.183 e. The fourth-order valence-corrected chi connectivity index (χ4v) is 3.32. The van der Waals surface area contributed by atoms with Crippen molar-refractivity contribution in [2.24, 2.45) is 0 Å². The Labute approximate surface area is 143 Å². The lowest BCUT2D eigenvalue weighted by atomic mass is 10.0. The Morgan fingerprint density at radius 1 is 1.08 bits per heavy atom. The molecular weight excluding hydrogens is 328 g/mol. The van der Waals surface area contributed by atoms with Crippen LogP contribution in [0, 0.1) is 13.8 Å². The van der Waals surface area contributed by atoms with Crippen LogP contribution in [0.3, 0.4) is 0 Å². The molecule has 0 fully saturated rings. The van der Waals surface area contributed by atoms with Crippen LogP contribution in [-0.4, -0.2) is 35.1 Å². The summed E-state index contributed by atoms with van der Waals surface area (Å²) in [4.78, 5) is 13.1. The molecule has 0 amide bonds. The van der Waals surface area contributed by atoms with Crippen molar-refractivity contribution in [1.29, 1.82) is 0 Å². The highest BCUT2D eigenvalue weighted by molar-refractivity contribution is 7.85. The SMILES string of the molecule is COc1cc(OC)c(C(=O)CS(=O)c2ccc(C)cc2)c(O)c1C. The van der Waals surface area contributed by atoms with Crippen molar-refractivity contribution in [2.75, 3.05) is 20.0 Å². The monoisotopic (exact) mass is 348 g/mol. The highest BCUT2D eigenvalue weighted by atomic mass is 32.2. The van der Waals surface area contributed by atoms with Gasteiger partial charge in [0.05, 0.1) is 30.8 Å². The van der Waals surface area contributed by atoms with E-state index in [1.54, 1.807) is 19.1 Å². The van der Waals surface area contributed by atoms with Gasteiger partial charge in [0.25, 0.3) is 0 Å². The molecular formula is C18H20O5S. The topological polar surface area (TPSA) is 72.8 Å². The fourth-order valence-electron chi connectivity index (χ4n) is 2.33. The van der Waals surface area contributed by atoms with Crippen molar-refractivity contribution >= 4 is 16.6 Å². The van der Waals surface area contributed by atoms with Crippen LogP contribution in [0.2, 0.25) is 0 Å². The molecule has 0 saturated heterocycles. The first kappa shape index (κ1) is 18.0. The fraction of sp³-hybridized carbons (Fsp3) is 0.278. The smallest absolute Gasteiger partial charge is 0.183 e. The molecule has 128 valence electrons. The summed E-state index contributed by atoms with van der Waals surface area (Å²) in [6.07, 6.45) is 0. The van der Waals surface area contributed by atoms with E-state index in [1.807, 2.05) is 19.1 Å². The second kappa shape index (κ2) is 7.49. The summed E-state index contributed by atoms with van der Waals surface area (Å²) in [5, 5.41) is 10.3. The second-order valence-electron chi connectivity index (χ2n) is 5.36. The number of ether oxygens (including phenoxy) is 2. The zero-order valence-corrected chi connectivity index (χ0v) is 14.9. The molecule has 0 bridgehead atoms. The van der Waals surface area contributed by atoms with Crippen molar-refractivity contribution in [3.05, 3.63) is 47.0 Å². The number of carbonyl (C=O) groups is 1. The summed E-state index contributed by atoms with van der Waals surface area (Å²) >= 11 is 0. The molecule has 0 aliphatic carbocycles. The molecule has 1 atom stereocenters. The molecule has 0 radical (unpaired) electrons. The van der Waals surface area contributed by atoms with Gasteiger partial charge in [-0.1, -0.05) is 17.7 Å². The summed E-state index contributed by atoms with van der Waals surface area (Å²) in [6, 6.07) is 8.68. The van der Waals surface area contributed by atoms with Crippen LogP contribution in [-0.2, 0) is 10.8 Å². The summed E-state index contributed by atoms with van der Waals surface area (Å²) in [7, 11) is 1.37. The van der Waals surface area contributed by atoms with E-state index in [0.29, 0.717) is 16.2 Å². The van der Waals surface area contributed by atoms with Crippen molar-refractivity contribution < 1.29 is 23.6 Å². The third kappa shape index (κ3) is 3.59. The van der Waals surface area contributed by atoms with Gasteiger partial charge in [-0.2, -0.15) is 0 Å². The van der Waals surface area contributed by atoms with Gasteiger partial charge in [0, 0.05) is 16.5 Å². The number of hydrogen-bond donors (Lipinski definition) is 1. The van der Waals surface area contributed by atoms with Crippen LogP contribution >= 0.6 is 0 Å². The van der Waals surface area contributed by atoms with Gasteiger partial charge in [-0.15, -0.1) is 0 Å². The Hall–Kier alpha value is -2.34. The van der Waals surface area contributed by atoms with Crippen LogP contribution in [0.15, 0.2) is 35.2 Å². The highest BCUT2D eigenvalue weighted by Gasteiger charge is 2.24.